The van der Waals surface area contributed by atoms with Crippen molar-refractivity contribution in [3.8, 4) is 0 Å². The van der Waals surface area contributed by atoms with E-state index in [0.717, 1.165) is 0 Å². The van der Waals surface area contributed by atoms with Crippen LogP contribution in [0.25, 0.3) is 0 Å². The van der Waals surface area contributed by atoms with Crippen molar-refractivity contribution in [3.05, 3.63) is 97.1 Å². The van der Waals surface area contributed by atoms with Crippen LogP contribution in [0, 0.1) is 29.6 Å². The Labute approximate surface area is 171 Å². The monoisotopic (exact) mass is 370 g/mol. The van der Waals surface area contributed by atoms with E-state index in [9.17, 15) is 0 Å². The van der Waals surface area contributed by atoms with Crippen molar-refractivity contribution in [1.29, 1.82) is 0 Å². The zero-order chi connectivity index (χ0) is 19.6. The van der Waals surface area contributed by atoms with E-state index in [1.165, 1.54) is 43.2 Å². The van der Waals surface area contributed by atoms with Crippen molar-refractivity contribution in [3.63, 3.8) is 0 Å². The number of allylic oxidation sites excluding steroid dienone is 2. The molecule has 0 bridgehead atoms. The summed E-state index contributed by atoms with van der Waals surface area (Å²) in [5.41, 5.74) is 3.05. The number of benzene rings is 2. The molecular weight excluding hydrogens is 336 g/mol. The Balaban J connectivity index is 2.00. The molecule has 2 aliphatic carbocycles. The van der Waals surface area contributed by atoms with Gasteiger partial charge in [-0.15, -0.1) is 13.2 Å². The lowest BCUT2D eigenvalue weighted by molar-refractivity contribution is 0.152. The molecule has 0 spiro atoms. The van der Waals surface area contributed by atoms with Crippen LogP contribution >= 0.6 is 0 Å². The molecule has 0 amide bonds. The number of rotatable bonds is 6. The summed E-state index contributed by atoms with van der Waals surface area (Å²) in [5.74, 6) is 2.91. The Hall–Kier alpha value is -2.08. The largest absolute Gasteiger partial charge is 0.103 e. The standard InChI is InChI=1S/C28H34/c1-4-22-20-21(3)27(26(22)5-2)28(25-18-12-13-19-25,23-14-8-6-9-15-23)24-16-10-7-11-17-24/h4-11,14-17,21-22,25-27H,1-2,12-13,18-20H2,3H3. The van der Waals surface area contributed by atoms with Gasteiger partial charge in [-0.25, -0.2) is 0 Å². The van der Waals surface area contributed by atoms with Crippen molar-refractivity contribution in [2.75, 3.05) is 0 Å². The Bertz CT molecular complexity index is 742. The molecule has 2 aromatic rings. The van der Waals surface area contributed by atoms with Gasteiger partial charge in [0.25, 0.3) is 0 Å². The maximum Gasteiger partial charge on any atom is 0.0267 e. The van der Waals surface area contributed by atoms with Gasteiger partial charge in [-0.3, -0.25) is 0 Å². The van der Waals surface area contributed by atoms with Crippen molar-refractivity contribution in [2.24, 2.45) is 29.6 Å². The second-order valence-electron chi connectivity index (χ2n) is 9.03. The van der Waals surface area contributed by atoms with E-state index in [0.29, 0.717) is 29.6 Å². The third-order valence-electron chi connectivity index (χ3n) is 7.77. The molecule has 146 valence electrons. The summed E-state index contributed by atoms with van der Waals surface area (Å²) in [4.78, 5) is 0. The molecule has 4 atom stereocenters. The molecule has 2 fully saturated rings. The quantitative estimate of drug-likeness (QED) is 0.464. The third kappa shape index (κ3) is 2.98. The predicted octanol–water partition coefficient (Wildman–Crippen LogP) is 7.42. The van der Waals surface area contributed by atoms with E-state index >= 15 is 0 Å². The van der Waals surface area contributed by atoms with Gasteiger partial charge < -0.3 is 0 Å². The average molecular weight is 371 g/mol. The topological polar surface area (TPSA) is 0 Å². The highest BCUT2D eigenvalue weighted by molar-refractivity contribution is 5.43. The van der Waals surface area contributed by atoms with Gasteiger partial charge in [0.05, 0.1) is 0 Å². The highest BCUT2D eigenvalue weighted by Crippen LogP contribution is 2.60. The lowest BCUT2D eigenvalue weighted by Crippen LogP contribution is -2.46. The van der Waals surface area contributed by atoms with Crippen molar-refractivity contribution in [1.82, 2.24) is 0 Å². The molecule has 28 heavy (non-hydrogen) atoms. The summed E-state index contributed by atoms with van der Waals surface area (Å²) >= 11 is 0. The second kappa shape index (κ2) is 8.11. The molecule has 2 aliphatic rings. The fourth-order valence-corrected chi connectivity index (χ4v) is 6.81. The lowest BCUT2D eigenvalue weighted by Gasteiger charge is -2.49. The Morgan fingerprint density at radius 1 is 0.821 bits per heavy atom. The smallest absolute Gasteiger partial charge is 0.0267 e. The minimum atomic E-state index is 0.0506. The van der Waals surface area contributed by atoms with E-state index in [4.69, 9.17) is 0 Å². The zero-order valence-corrected chi connectivity index (χ0v) is 17.3. The van der Waals surface area contributed by atoms with Crippen molar-refractivity contribution < 1.29 is 0 Å². The first-order valence-electron chi connectivity index (χ1n) is 11.1. The van der Waals surface area contributed by atoms with E-state index < -0.39 is 0 Å². The lowest BCUT2D eigenvalue weighted by atomic mass is 9.54. The van der Waals surface area contributed by atoms with Gasteiger partial charge in [-0.2, -0.15) is 0 Å². The molecule has 0 heteroatoms. The number of hydrogen-bond donors (Lipinski definition) is 0. The van der Waals surface area contributed by atoms with E-state index in [2.05, 4.69) is 92.9 Å². The van der Waals surface area contributed by atoms with Crippen LogP contribution in [-0.4, -0.2) is 0 Å². The van der Waals surface area contributed by atoms with Gasteiger partial charge in [0.2, 0.25) is 0 Å². The summed E-state index contributed by atoms with van der Waals surface area (Å²) in [5, 5.41) is 0. The average Bonchev–Trinajstić information content (AvgIpc) is 3.39. The summed E-state index contributed by atoms with van der Waals surface area (Å²) in [7, 11) is 0. The highest BCUT2D eigenvalue weighted by Gasteiger charge is 2.55. The SMILES string of the molecule is C=CC1CC(C)C(C(c2ccccc2)(c2ccccc2)C2CCCC2)C1C=C. The van der Waals surface area contributed by atoms with Gasteiger partial charge in [0, 0.05) is 5.41 Å². The zero-order valence-electron chi connectivity index (χ0n) is 17.3. The molecular formula is C28H34. The minimum Gasteiger partial charge on any atom is -0.103 e. The van der Waals surface area contributed by atoms with Crippen LogP contribution in [0.4, 0.5) is 0 Å². The molecule has 4 unspecified atom stereocenters. The predicted molar refractivity (Wildman–Crippen MR) is 120 cm³/mol. The first-order chi connectivity index (χ1) is 13.7. The van der Waals surface area contributed by atoms with Crippen LogP contribution in [0.2, 0.25) is 0 Å². The summed E-state index contributed by atoms with van der Waals surface area (Å²) in [6.07, 6.45) is 11.0. The van der Waals surface area contributed by atoms with Gasteiger partial charge in [0.1, 0.15) is 0 Å². The van der Waals surface area contributed by atoms with Gasteiger partial charge >= 0.3 is 0 Å². The summed E-state index contributed by atoms with van der Waals surface area (Å²) < 4.78 is 0. The number of hydrogen-bond acceptors (Lipinski definition) is 0. The van der Waals surface area contributed by atoms with E-state index in [-0.39, 0.29) is 5.41 Å². The molecule has 0 N–H and O–H groups in total. The molecule has 0 heterocycles. The fraction of sp³-hybridized carbons (Fsp3) is 0.429. The van der Waals surface area contributed by atoms with Crippen LogP contribution in [0.3, 0.4) is 0 Å². The first-order valence-corrected chi connectivity index (χ1v) is 11.1. The Morgan fingerprint density at radius 3 is 1.82 bits per heavy atom. The molecule has 0 radical (unpaired) electrons. The summed E-state index contributed by atoms with van der Waals surface area (Å²) in [6.45, 7) is 11.0. The van der Waals surface area contributed by atoms with Crippen molar-refractivity contribution in [2.45, 2.75) is 44.4 Å². The van der Waals surface area contributed by atoms with Gasteiger partial charge in [-0.05, 0) is 60.0 Å². The molecule has 0 aromatic heterocycles. The molecule has 2 aromatic carbocycles. The maximum atomic E-state index is 4.31. The summed E-state index contributed by atoms with van der Waals surface area (Å²) in [6, 6.07) is 22.8. The minimum absolute atomic E-state index is 0.0506. The molecule has 2 saturated carbocycles. The van der Waals surface area contributed by atoms with E-state index in [1.54, 1.807) is 0 Å². The van der Waals surface area contributed by atoms with Crippen molar-refractivity contribution >= 4 is 0 Å². The van der Waals surface area contributed by atoms with Crippen LogP contribution < -0.4 is 0 Å². The van der Waals surface area contributed by atoms with Crippen LogP contribution in [0.15, 0.2) is 86.0 Å². The normalized spacial score (nSPS) is 28.3. The molecule has 4 rings (SSSR count). The van der Waals surface area contributed by atoms with Crippen LogP contribution in [-0.2, 0) is 5.41 Å². The third-order valence-corrected chi connectivity index (χ3v) is 7.77. The highest BCUT2D eigenvalue weighted by atomic mass is 14.6. The Kier molecular flexibility index (Phi) is 5.58. The van der Waals surface area contributed by atoms with Gasteiger partial charge in [-0.1, -0.05) is 92.6 Å². The first kappa shape index (κ1) is 19.2. The van der Waals surface area contributed by atoms with E-state index in [1.807, 2.05) is 0 Å². The molecule has 0 aliphatic heterocycles. The maximum absolute atomic E-state index is 4.31. The van der Waals surface area contributed by atoms with Crippen LogP contribution in [0.1, 0.15) is 50.2 Å². The molecule has 0 nitrogen and oxygen atoms in total. The second-order valence-corrected chi connectivity index (χ2v) is 9.03. The fourth-order valence-electron chi connectivity index (χ4n) is 6.81. The molecule has 0 saturated heterocycles. The Morgan fingerprint density at radius 2 is 1.36 bits per heavy atom. The van der Waals surface area contributed by atoms with Gasteiger partial charge in [0.15, 0.2) is 0 Å². The van der Waals surface area contributed by atoms with Crippen LogP contribution in [0.5, 0.6) is 0 Å².